The van der Waals surface area contributed by atoms with Crippen molar-refractivity contribution in [1.82, 2.24) is 14.6 Å². The Kier molecular flexibility index (Phi) is 3.60. The third-order valence-corrected chi connectivity index (χ3v) is 2.94. The van der Waals surface area contributed by atoms with E-state index in [1.165, 1.54) is 5.06 Å². The lowest BCUT2D eigenvalue weighted by molar-refractivity contribution is -0.151. The Morgan fingerprint density at radius 2 is 2.33 bits per heavy atom. The first-order chi connectivity index (χ1) is 8.51. The Hall–Kier alpha value is -1.51. The van der Waals surface area contributed by atoms with Gasteiger partial charge in [-0.05, 0) is 6.42 Å². The molecule has 1 fully saturated rings. The molecule has 1 aromatic heterocycles. The number of nitrogens with one attached hydrogen (secondary N) is 1. The molecule has 7 nitrogen and oxygen atoms in total. The molecule has 1 aromatic rings. The highest BCUT2D eigenvalue weighted by atomic mass is 19.1. The van der Waals surface area contributed by atoms with Crippen molar-refractivity contribution in [2.45, 2.75) is 25.1 Å². The zero-order chi connectivity index (χ0) is 13.3. The summed E-state index contributed by atoms with van der Waals surface area (Å²) < 4.78 is 14.1. The minimum atomic E-state index is -1.03. The second-order valence-electron chi connectivity index (χ2n) is 4.23. The van der Waals surface area contributed by atoms with Crippen LogP contribution in [0.1, 0.15) is 6.42 Å². The van der Waals surface area contributed by atoms with E-state index in [0.717, 1.165) is 10.8 Å². The van der Waals surface area contributed by atoms with Gasteiger partial charge in [0.2, 0.25) is 5.82 Å². The maximum absolute atomic E-state index is 13.1. The summed E-state index contributed by atoms with van der Waals surface area (Å²) in [6.45, 7) is 0.0647. The Morgan fingerprint density at radius 3 is 2.94 bits per heavy atom. The number of hydroxylamine groups is 2. The summed E-state index contributed by atoms with van der Waals surface area (Å²) in [6, 6.07) is -0.140. The van der Waals surface area contributed by atoms with E-state index < -0.39 is 17.1 Å². The molecule has 2 heterocycles. The van der Waals surface area contributed by atoms with Gasteiger partial charge in [0, 0.05) is 7.05 Å². The predicted molar refractivity (Wildman–Crippen MR) is 59.4 cm³/mol. The summed E-state index contributed by atoms with van der Waals surface area (Å²) in [5.74, 6) is -1.01. The molecule has 0 saturated carbocycles. The number of hydrogen-bond donors (Lipinski definition) is 2. The molecule has 0 unspecified atom stereocenters. The minimum absolute atomic E-state index is 0.0537. The SMILES string of the molecule is CN1O[C@H](Cn2cc(F)c(=O)[nH]c2=O)C[C@@H]1CO. The first-order valence-electron chi connectivity index (χ1n) is 5.51. The lowest BCUT2D eigenvalue weighted by atomic mass is 10.1. The fourth-order valence-electron chi connectivity index (χ4n) is 1.95. The molecule has 8 heteroatoms. The molecule has 0 aliphatic carbocycles. The van der Waals surface area contributed by atoms with Crippen LogP contribution in [0.2, 0.25) is 0 Å². The molecular weight excluding hydrogens is 245 g/mol. The van der Waals surface area contributed by atoms with E-state index in [1.54, 1.807) is 7.05 Å². The molecule has 1 aliphatic rings. The lowest BCUT2D eigenvalue weighted by Crippen LogP contribution is -2.34. The van der Waals surface area contributed by atoms with E-state index in [1.807, 2.05) is 4.98 Å². The third kappa shape index (κ3) is 2.50. The number of halogens is 1. The summed E-state index contributed by atoms with van der Waals surface area (Å²) in [6.07, 6.45) is 1.05. The molecule has 0 amide bonds. The van der Waals surface area contributed by atoms with Crippen LogP contribution in [0, 0.1) is 5.82 Å². The van der Waals surface area contributed by atoms with Crippen LogP contribution in [-0.4, -0.2) is 45.5 Å². The van der Waals surface area contributed by atoms with Crippen LogP contribution < -0.4 is 11.2 Å². The van der Waals surface area contributed by atoms with Gasteiger partial charge in [-0.2, -0.15) is 9.45 Å². The Balaban J connectivity index is 2.14. The summed E-state index contributed by atoms with van der Waals surface area (Å²) in [5.41, 5.74) is -1.71. The fraction of sp³-hybridized carbons (Fsp3) is 0.600. The van der Waals surface area contributed by atoms with Gasteiger partial charge in [-0.1, -0.05) is 0 Å². The van der Waals surface area contributed by atoms with Crippen LogP contribution in [0.5, 0.6) is 0 Å². The molecule has 1 aliphatic heterocycles. The van der Waals surface area contributed by atoms with E-state index in [-0.39, 0.29) is 25.3 Å². The van der Waals surface area contributed by atoms with Gasteiger partial charge in [0.05, 0.1) is 31.5 Å². The molecule has 0 spiro atoms. The van der Waals surface area contributed by atoms with E-state index >= 15 is 0 Å². The summed E-state index contributed by atoms with van der Waals surface area (Å²) in [5, 5.41) is 10.6. The first kappa shape index (κ1) is 12.9. The highest BCUT2D eigenvalue weighted by molar-refractivity contribution is 4.88. The number of nitrogens with zero attached hydrogens (tertiary/aromatic N) is 2. The average molecular weight is 259 g/mol. The molecule has 0 bridgehead atoms. The van der Waals surface area contributed by atoms with E-state index in [9.17, 15) is 14.0 Å². The van der Waals surface area contributed by atoms with Crippen LogP contribution in [0.25, 0.3) is 0 Å². The van der Waals surface area contributed by atoms with Gasteiger partial charge < -0.3 is 5.11 Å². The Morgan fingerprint density at radius 1 is 1.61 bits per heavy atom. The zero-order valence-electron chi connectivity index (χ0n) is 9.80. The number of aliphatic hydroxyl groups is 1. The van der Waals surface area contributed by atoms with Crippen molar-refractivity contribution in [2.75, 3.05) is 13.7 Å². The van der Waals surface area contributed by atoms with Crippen LogP contribution in [0.3, 0.4) is 0 Å². The largest absolute Gasteiger partial charge is 0.395 e. The maximum atomic E-state index is 13.1. The molecule has 2 N–H and O–H groups in total. The lowest BCUT2D eigenvalue weighted by Gasteiger charge is -2.14. The normalized spacial score (nSPS) is 24.6. The maximum Gasteiger partial charge on any atom is 0.328 e. The summed E-state index contributed by atoms with van der Waals surface area (Å²) in [4.78, 5) is 29.6. The smallest absolute Gasteiger partial charge is 0.328 e. The molecule has 2 rings (SSSR count). The molecule has 2 atom stereocenters. The van der Waals surface area contributed by atoms with Gasteiger partial charge in [-0.25, -0.2) is 4.79 Å². The zero-order valence-corrected chi connectivity index (χ0v) is 9.80. The standard InChI is InChI=1S/C10H14FN3O4/c1-13-6(5-15)2-7(18-13)3-14-4-8(11)9(16)12-10(14)17/h4,6-7,15H,2-3,5H2,1H3,(H,12,16,17)/t6-,7+/m1/s1. The summed E-state index contributed by atoms with van der Waals surface area (Å²) >= 11 is 0. The van der Waals surface area contributed by atoms with Crippen molar-refractivity contribution in [3.05, 3.63) is 32.9 Å². The highest BCUT2D eigenvalue weighted by Gasteiger charge is 2.30. The van der Waals surface area contributed by atoms with E-state index in [0.29, 0.717) is 6.42 Å². The number of H-pyrrole nitrogens is 1. The molecule has 18 heavy (non-hydrogen) atoms. The predicted octanol–water partition coefficient (Wildman–Crippen LogP) is -1.33. The van der Waals surface area contributed by atoms with Gasteiger partial charge in [-0.3, -0.25) is 19.2 Å². The van der Waals surface area contributed by atoms with Gasteiger partial charge in [-0.15, -0.1) is 0 Å². The van der Waals surface area contributed by atoms with E-state index in [2.05, 4.69) is 0 Å². The minimum Gasteiger partial charge on any atom is -0.395 e. The van der Waals surface area contributed by atoms with Gasteiger partial charge in [0.1, 0.15) is 0 Å². The van der Waals surface area contributed by atoms with Gasteiger partial charge in [0.25, 0.3) is 5.56 Å². The van der Waals surface area contributed by atoms with Crippen LogP contribution in [0.4, 0.5) is 4.39 Å². The van der Waals surface area contributed by atoms with E-state index in [4.69, 9.17) is 9.94 Å². The van der Waals surface area contributed by atoms with Gasteiger partial charge in [0.15, 0.2) is 0 Å². The Bertz CT molecular complexity index is 541. The second kappa shape index (κ2) is 5.01. The number of aromatic nitrogens is 2. The molecule has 1 saturated heterocycles. The molecular formula is C10H14FN3O4. The number of aromatic amines is 1. The molecule has 0 radical (unpaired) electrons. The third-order valence-electron chi connectivity index (χ3n) is 2.94. The highest BCUT2D eigenvalue weighted by Crippen LogP contribution is 2.19. The number of rotatable bonds is 3. The second-order valence-corrected chi connectivity index (χ2v) is 4.23. The van der Waals surface area contributed by atoms with Crippen molar-refractivity contribution >= 4 is 0 Å². The van der Waals surface area contributed by atoms with Gasteiger partial charge >= 0.3 is 5.69 Å². The first-order valence-corrected chi connectivity index (χ1v) is 5.51. The van der Waals surface area contributed by atoms with Crippen molar-refractivity contribution < 1.29 is 14.3 Å². The van der Waals surface area contributed by atoms with Crippen molar-refractivity contribution in [3.8, 4) is 0 Å². The summed E-state index contributed by atoms with van der Waals surface area (Å²) in [7, 11) is 1.68. The van der Waals surface area contributed by atoms with Crippen LogP contribution >= 0.6 is 0 Å². The number of aliphatic hydroxyl groups excluding tert-OH is 1. The molecule has 100 valence electrons. The van der Waals surface area contributed by atoms with Crippen molar-refractivity contribution in [2.24, 2.45) is 0 Å². The monoisotopic (exact) mass is 259 g/mol. The average Bonchev–Trinajstić information content (AvgIpc) is 2.66. The number of likely N-dealkylation sites (N-methyl/N-ethyl adjacent to an activating group) is 1. The van der Waals surface area contributed by atoms with Crippen LogP contribution in [-0.2, 0) is 11.4 Å². The van der Waals surface area contributed by atoms with Crippen molar-refractivity contribution in [1.29, 1.82) is 0 Å². The molecule has 0 aromatic carbocycles. The van der Waals surface area contributed by atoms with Crippen LogP contribution in [0.15, 0.2) is 15.8 Å². The number of hydrogen-bond acceptors (Lipinski definition) is 5. The quantitative estimate of drug-likeness (QED) is 0.702. The topological polar surface area (TPSA) is 87.6 Å². The Labute approximate surface area is 101 Å². The fourth-order valence-corrected chi connectivity index (χ4v) is 1.95. The van der Waals surface area contributed by atoms with Crippen molar-refractivity contribution in [3.63, 3.8) is 0 Å².